The maximum absolute atomic E-state index is 11.4. The van der Waals surface area contributed by atoms with E-state index in [1.807, 2.05) is 30.3 Å². The lowest BCUT2D eigenvalue weighted by Crippen LogP contribution is -2.06. The topological polar surface area (TPSA) is 155 Å². The Balaban J connectivity index is 1.78. The molecule has 0 radical (unpaired) electrons. The minimum atomic E-state index is -0.762. The van der Waals surface area contributed by atoms with E-state index >= 15 is 0 Å². The van der Waals surface area contributed by atoms with E-state index < -0.39 is 21.2 Å². The molecule has 0 atom stereocenters. The highest BCUT2D eigenvalue weighted by atomic mass is 79.9. The molecular weight excluding hydrogens is 542 g/mol. The third-order valence-corrected chi connectivity index (χ3v) is 5.85. The summed E-state index contributed by atoms with van der Waals surface area (Å²) in [6.07, 6.45) is 1.46. The summed E-state index contributed by atoms with van der Waals surface area (Å²) in [4.78, 5) is 20.9. The first kappa shape index (κ1) is 25.6. The first-order valence-electron chi connectivity index (χ1n) is 9.80. The number of nitro benzene ring substituents is 2. The summed E-state index contributed by atoms with van der Waals surface area (Å²) in [6.45, 7) is 0. The van der Waals surface area contributed by atoms with Crippen molar-refractivity contribution in [3.05, 3.63) is 96.5 Å². The number of nitro groups is 2. The molecule has 0 aliphatic carbocycles. The van der Waals surface area contributed by atoms with Crippen molar-refractivity contribution in [3.8, 4) is 17.2 Å². The number of hydrogen-bond acceptors (Lipinski definition) is 9. The van der Waals surface area contributed by atoms with Gasteiger partial charge in [-0.05, 0) is 45.3 Å². The Morgan fingerprint density at radius 2 is 1.83 bits per heavy atom. The minimum Gasteiger partial charge on any atom is -0.493 e. The minimum absolute atomic E-state index is 0.142. The van der Waals surface area contributed by atoms with Gasteiger partial charge in [0.25, 0.3) is 5.69 Å². The van der Waals surface area contributed by atoms with Gasteiger partial charge in [-0.1, -0.05) is 42.1 Å². The van der Waals surface area contributed by atoms with Gasteiger partial charge in [0.15, 0.2) is 16.7 Å². The summed E-state index contributed by atoms with van der Waals surface area (Å²) in [7, 11) is 1.40. The Kier molecular flexibility index (Phi) is 8.75. The van der Waals surface area contributed by atoms with Crippen molar-refractivity contribution in [1.82, 2.24) is 0 Å². The molecule has 0 aliphatic heterocycles. The molecule has 0 saturated carbocycles. The van der Waals surface area contributed by atoms with Crippen LogP contribution < -0.4 is 15.2 Å². The summed E-state index contributed by atoms with van der Waals surface area (Å²) in [5.41, 5.74) is 6.61. The molecule has 3 aromatic carbocycles. The number of halogens is 1. The van der Waals surface area contributed by atoms with Crippen LogP contribution in [-0.2, 0) is 5.75 Å². The van der Waals surface area contributed by atoms with Crippen LogP contribution in [0, 0.1) is 20.2 Å². The zero-order chi connectivity index (χ0) is 25.4. The number of amidine groups is 1. The predicted molar refractivity (Wildman–Crippen MR) is 137 cm³/mol. The van der Waals surface area contributed by atoms with Crippen LogP contribution in [-0.4, -0.2) is 28.3 Å². The Morgan fingerprint density at radius 1 is 1.09 bits per heavy atom. The number of nitrogens with zero attached hydrogens (tertiary/aromatic N) is 4. The number of nitrogens with two attached hydrogens (primary N) is 1. The van der Waals surface area contributed by atoms with Crippen LogP contribution in [0.4, 0.5) is 11.4 Å². The normalized spacial score (nSPS) is 11.4. The van der Waals surface area contributed by atoms with Gasteiger partial charge in [0.05, 0.1) is 33.7 Å². The van der Waals surface area contributed by atoms with Crippen molar-refractivity contribution in [2.75, 3.05) is 7.11 Å². The van der Waals surface area contributed by atoms with Gasteiger partial charge in [-0.3, -0.25) is 20.2 Å². The van der Waals surface area contributed by atoms with Gasteiger partial charge in [-0.2, -0.15) is 5.10 Å². The van der Waals surface area contributed by atoms with Gasteiger partial charge in [-0.15, -0.1) is 5.10 Å². The van der Waals surface area contributed by atoms with E-state index in [0.29, 0.717) is 21.0 Å². The first-order valence-corrected chi connectivity index (χ1v) is 11.6. The quantitative estimate of drug-likeness (QED) is 0.152. The molecule has 0 spiro atoms. The summed E-state index contributed by atoms with van der Waals surface area (Å²) in [6, 6.07) is 16.1. The van der Waals surface area contributed by atoms with Gasteiger partial charge < -0.3 is 15.2 Å². The summed E-state index contributed by atoms with van der Waals surface area (Å²) in [5, 5.41) is 30.6. The highest BCUT2D eigenvalue weighted by Crippen LogP contribution is 2.42. The van der Waals surface area contributed by atoms with E-state index in [2.05, 4.69) is 26.1 Å². The predicted octanol–water partition coefficient (Wildman–Crippen LogP) is 5.65. The van der Waals surface area contributed by atoms with Gasteiger partial charge in [0.2, 0.25) is 5.75 Å². The monoisotopic (exact) mass is 559 g/mol. The SMILES string of the molecule is COc1cc(C=NN=C(N)SCc2ccccc2)cc(Br)c1Oc1ccc([N+](=O)[O-])cc1[N+](=O)[O-]. The second kappa shape index (κ2) is 11.9. The molecule has 180 valence electrons. The fourth-order valence-corrected chi connectivity index (χ4v) is 3.94. The standard InChI is InChI=1S/C22H18BrN5O6S/c1-33-20-10-15(12-25-26-22(24)35-13-14-5-3-2-4-6-14)9-17(23)21(20)34-19-8-7-16(27(29)30)11-18(19)28(31)32/h2-12H,13H2,1H3,(H2,24,26). The molecule has 2 N–H and O–H groups in total. The van der Waals surface area contributed by atoms with E-state index in [1.165, 1.54) is 25.1 Å². The molecule has 11 nitrogen and oxygen atoms in total. The van der Waals surface area contributed by atoms with Gasteiger partial charge in [0, 0.05) is 11.8 Å². The second-order valence-corrected chi connectivity index (χ2v) is 8.61. The van der Waals surface area contributed by atoms with Crippen LogP contribution in [0.15, 0.2) is 75.3 Å². The van der Waals surface area contributed by atoms with Gasteiger partial charge in [-0.25, -0.2) is 0 Å². The third-order valence-electron chi connectivity index (χ3n) is 4.41. The van der Waals surface area contributed by atoms with Crippen molar-refractivity contribution < 1.29 is 19.3 Å². The number of rotatable bonds is 9. The summed E-state index contributed by atoms with van der Waals surface area (Å²) >= 11 is 4.71. The van der Waals surface area contributed by atoms with Crippen molar-refractivity contribution >= 4 is 50.4 Å². The van der Waals surface area contributed by atoms with Gasteiger partial charge >= 0.3 is 5.69 Å². The van der Waals surface area contributed by atoms with Crippen LogP contribution in [0.1, 0.15) is 11.1 Å². The van der Waals surface area contributed by atoms with Gasteiger partial charge in [0.1, 0.15) is 0 Å². The maximum atomic E-state index is 11.4. The highest BCUT2D eigenvalue weighted by Gasteiger charge is 2.23. The molecule has 35 heavy (non-hydrogen) atoms. The molecule has 0 unspecified atom stereocenters. The molecule has 0 amide bonds. The van der Waals surface area contributed by atoms with Crippen molar-refractivity contribution in [2.24, 2.45) is 15.9 Å². The number of thioether (sulfide) groups is 1. The third kappa shape index (κ3) is 7.01. The average molecular weight is 560 g/mol. The van der Waals surface area contributed by atoms with Crippen molar-refractivity contribution in [3.63, 3.8) is 0 Å². The zero-order valence-electron chi connectivity index (χ0n) is 18.2. The maximum Gasteiger partial charge on any atom is 0.318 e. The molecule has 0 aromatic heterocycles. The summed E-state index contributed by atoms with van der Waals surface area (Å²) in [5.74, 6) is 0.854. The molecule has 0 saturated heterocycles. The number of benzene rings is 3. The van der Waals surface area contributed by atoms with Crippen LogP contribution in [0.5, 0.6) is 17.2 Å². The Labute approximate surface area is 212 Å². The highest BCUT2D eigenvalue weighted by molar-refractivity contribution is 9.10. The Hall–Kier alpha value is -3.97. The molecule has 3 aromatic rings. The lowest BCUT2D eigenvalue weighted by molar-refractivity contribution is -0.394. The molecule has 0 heterocycles. The first-order chi connectivity index (χ1) is 16.8. The molecule has 0 bridgehead atoms. The summed E-state index contributed by atoms with van der Waals surface area (Å²) < 4.78 is 11.5. The van der Waals surface area contributed by atoms with Crippen molar-refractivity contribution in [2.45, 2.75) is 5.75 Å². The number of ether oxygens (including phenoxy) is 2. The molecule has 3 rings (SSSR count). The van der Waals surface area contributed by atoms with E-state index in [-0.39, 0.29) is 17.2 Å². The number of hydrogen-bond donors (Lipinski definition) is 1. The molecular formula is C22H18BrN5O6S. The van der Waals surface area contributed by atoms with Crippen LogP contribution >= 0.6 is 27.7 Å². The molecule has 0 aliphatic rings. The lowest BCUT2D eigenvalue weighted by Gasteiger charge is -2.13. The van der Waals surface area contributed by atoms with E-state index in [0.717, 1.165) is 23.8 Å². The second-order valence-electron chi connectivity index (χ2n) is 6.76. The fourth-order valence-electron chi connectivity index (χ4n) is 2.78. The smallest absolute Gasteiger partial charge is 0.318 e. The largest absolute Gasteiger partial charge is 0.493 e. The lowest BCUT2D eigenvalue weighted by atomic mass is 10.2. The van der Waals surface area contributed by atoms with Crippen molar-refractivity contribution in [1.29, 1.82) is 0 Å². The Bertz CT molecular complexity index is 1300. The Morgan fingerprint density at radius 3 is 2.49 bits per heavy atom. The molecule has 0 fully saturated rings. The zero-order valence-corrected chi connectivity index (χ0v) is 20.6. The van der Waals surface area contributed by atoms with E-state index in [9.17, 15) is 20.2 Å². The number of methoxy groups -OCH3 is 1. The number of non-ortho nitro benzene ring substituents is 1. The van der Waals surface area contributed by atoms with E-state index in [1.54, 1.807) is 12.1 Å². The van der Waals surface area contributed by atoms with E-state index in [4.69, 9.17) is 15.2 Å². The average Bonchev–Trinajstić information content (AvgIpc) is 2.84. The molecule has 13 heteroatoms. The fraction of sp³-hybridized carbons (Fsp3) is 0.0909. The van der Waals surface area contributed by atoms with Crippen LogP contribution in [0.25, 0.3) is 0 Å². The van der Waals surface area contributed by atoms with Crippen LogP contribution in [0.2, 0.25) is 0 Å². The van der Waals surface area contributed by atoms with Crippen LogP contribution in [0.3, 0.4) is 0 Å².